The molecule has 1 aromatic rings. The number of benzene rings is 1. The SMILES string of the molecule is CCCNC1C(C)C2c3ccccc3CC12. The Morgan fingerprint density at radius 2 is 2.12 bits per heavy atom. The summed E-state index contributed by atoms with van der Waals surface area (Å²) in [6.07, 6.45) is 2.54. The first-order valence-corrected chi connectivity index (χ1v) is 6.64. The van der Waals surface area contributed by atoms with Crippen molar-refractivity contribution in [1.82, 2.24) is 5.32 Å². The summed E-state index contributed by atoms with van der Waals surface area (Å²) < 4.78 is 0. The molecule has 1 nitrogen and oxygen atoms in total. The van der Waals surface area contributed by atoms with Gasteiger partial charge in [0.2, 0.25) is 0 Å². The number of nitrogens with one attached hydrogen (secondary N) is 1. The van der Waals surface area contributed by atoms with Gasteiger partial charge >= 0.3 is 0 Å². The van der Waals surface area contributed by atoms with Crippen LogP contribution in [0.4, 0.5) is 0 Å². The Morgan fingerprint density at radius 1 is 1.31 bits per heavy atom. The van der Waals surface area contributed by atoms with Crippen LogP contribution in [0.2, 0.25) is 0 Å². The van der Waals surface area contributed by atoms with Crippen LogP contribution in [0, 0.1) is 11.8 Å². The van der Waals surface area contributed by atoms with Crippen LogP contribution in [-0.2, 0) is 6.42 Å². The third-order valence-electron chi connectivity index (χ3n) is 4.56. The predicted octanol–water partition coefficient (Wildman–Crippen LogP) is 2.96. The van der Waals surface area contributed by atoms with Crippen molar-refractivity contribution in [3.8, 4) is 0 Å². The molecule has 86 valence electrons. The molecule has 2 aliphatic carbocycles. The number of rotatable bonds is 3. The van der Waals surface area contributed by atoms with Gasteiger partial charge in [-0.15, -0.1) is 0 Å². The Labute approximate surface area is 98.3 Å². The van der Waals surface area contributed by atoms with Gasteiger partial charge in [0.25, 0.3) is 0 Å². The fourth-order valence-electron chi connectivity index (χ4n) is 3.80. The van der Waals surface area contributed by atoms with Crippen LogP contribution in [0.25, 0.3) is 0 Å². The van der Waals surface area contributed by atoms with Crippen LogP contribution in [-0.4, -0.2) is 12.6 Å². The first kappa shape index (κ1) is 10.3. The molecule has 0 aromatic heterocycles. The maximum atomic E-state index is 3.72. The monoisotopic (exact) mass is 215 g/mol. The second-order valence-electron chi connectivity index (χ2n) is 5.43. The average molecular weight is 215 g/mol. The summed E-state index contributed by atoms with van der Waals surface area (Å²) >= 11 is 0. The Morgan fingerprint density at radius 3 is 2.94 bits per heavy atom. The quantitative estimate of drug-likeness (QED) is 0.817. The number of fused-ring (bicyclic) bond motifs is 3. The lowest BCUT2D eigenvalue weighted by Gasteiger charge is -2.48. The van der Waals surface area contributed by atoms with Crippen LogP contribution in [0.15, 0.2) is 24.3 Å². The third kappa shape index (κ3) is 1.34. The highest BCUT2D eigenvalue weighted by Gasteiger charge is 2.51. The summed E-state index contributed by atoms with van der Waals surface area (Å²) in [7, 11) is 0. The van der Waals surface area contributed by atoms with Crippen molar-refractivity contribution in [2.24, 2.45) is 11.8 Å². The summed E-state index contributed by atoms with van der Waals surface area (Å²) in [5.41, 5.74) is 3.24. The standard InChI is InChI=1S/C15H21N/c1-3-8-16-15-10(2)14-12-7-5-4-6-11(12)9-13(14)15/h4-7,10,13-16H,3,8-9H2,1-2H3. The summed E-state index contributed by atoms with van der Waals surface area (Å²) in [6.45, 7) is 5.84. The molecule has 16 heavy (non-hydrogen) atoms. The summed E-state index contributed by atoms with van der Waals surface area (Å²) in [4.78, 5) is 0. The van der Waals surface area contributed by atoms with E-state index in [0.29, 0.717) is 0 Å². The van der Waals surface area contributed by atoms with E-state index in [1.165, 1.54) is 19.4 Å². The van der Waals surface area contributed by atoms with E-state index in [2.05, 4.69) is 43.4 Å². The van der Waals surface area contributed by atoms with Gasteiger partial charge in [-0.05, 0) is 48.3 Å². The van der Waals surface area contributed by atoms with E-state index in [4.69, 9.17) is 0 Å². The lowest BCUT2D eigenvalue weighted by Crippen LogP contribution is -2.54. The van der Waals surface area contributed by atoms with E-state index in [0.717, 1.165) is 23.8 Å². The third-order valence-corrected chi connectivity index (χ3v) is 4.56. The molecule has 0 radical (unpaired) electrons. The van der Waals surface area contributed by atoms with Gasteiger partial charge in [0.05, 0.1) is 0 Å². The van der Waals surface area contributed by atoms with Gasteiger partial charge in [0.1, 0.15) is 0 Å². The molecule has 1 aromatic carbocycles. The fourth-order valence-corrected chi connectivity index (χ4v) is 3.80. The Hall–Kier alpha value is -0.820. The molecule has 2 aliphatic rings. The summed E-state index contributed by atoms with van der Waals surface area (Å²) in [5, 5.41) is 3.72. The maximum absolute atomic E-state index is 3.72. The lowest BCUT2D eigenvalue weighted by atomic mass is 9.62. The molecule has 0 saturated heterocycles. The molecule has 3 rings (SSSR count). The van der Waals surface area contributed by atoms with Crippen LogP contribution in [0.3, 0.4) is 0 Å². The Balaban J connectivity index is 1.78. The van der Waals surface area contributed by atoms with E-state index < -0.39 is 0 Å². The maximum Gasteiger partial charge on any atom is 0.0136 e. The first-order valence-electron chi connectivity index (χ1n) is 6.64. The molecule has 0 spiro atoms. The van der Waals surface area contributed by atoms with Crippen molar-refractivity contribution in [3.05, 3.63) is 35.4 Å². The molecule has 1 N–H and O–H groups in total. The second-order valence-corrected chi connectivity index (χ2v) is 5.43. The largest absolute Gasteiger partial charge is 0.313 e. The molecule has 1 fully saturated rings. The molecule has 0 bridgehead atoms. The van der Waals surface area contributed by atoms with Gasteiger partial charge in [0.15, 0.2) is 0 Å². The number of hydrogen-bond donors (Lipinski definition) is 1. The zero-order chi connectivity index (χ0) is 11.1. The molecule has 0 heterocycles. The lowest BCUT2D eigenvalue weighted by molar-refractivity contribution is 0.0977. The predicted molar refractivity (Wildman–Crippen MR) is 67.6 cm³/mol. The van der Waals surface area contributed by atoms with Crippen molar-refractivity contribution >= 4 is 0 Å². The number of hydrogen-bond acceptors (Lipinski definition) is 1. The van der Waals surface area contributed by atoms with Crippen molar-refractivity contribution < 1.29 is 0 Å². The van der Waals surface area contributed by atoms with Gasteiger partial charge in [-0.1, -0.05) is 38.1 Å². The topological polar surface area (TPSA) is 12.0 Å². The van der Waals surface area contributed by atoms with E-state index in [9.17, 15) is 0 Å². The summed E-state index contributed by atoms with van der Waals surface area (Å²) in [6, 6.07) is 9.80. The van der Waals surface area contributed by atoms with Crippen molar-refractivity contribution in [3.63, 3.8) is 0 Å². The minimum atomic E-state index is 0.761. The smallest absolute Gasteiger partial charge is 0.0136 e. The average Bonchev–Trinajstić information content (AvgIpc) is 2.64. The van der Waals surface area contributed by atoms with Gasteiger partial charge in [-0.3, -0.25) is 0 Å². The molecule has 1 heteroatoms. The normalized spacial score (nSPS) is 35.4. The van der Waals surface area contributed by atoms with Gasteiger partial charge < -0.3 is 5.32 Å². The zero-order valence-corrected chi connectivity index (χ0v) is 10.2. The minimum absolute atomic E-state index is 0.761. The molecule has 1 saturated carbocycles. The Kier molecular flexibility index (Phi) is 2.51. The van der Waals surface area contributed by atoms with Gasteiger partial charge in [-0.25, -0.2) is 0 Å². The van der Waals surface area contributed by atoms with Crippen molar-refractivity contribution in [2.45, 2.75) is 38.6 Å². The van der Waals surface area contributed by atoms with E-state index in [1.54, 1.807) is 11.1 Å². The zero-order valence-electron chi connectivity index (χ0n) is 10.2. The fraction of sp³-hybridized carbons (Fsp3) is 0.600. The molecule has 0 aliphatic heterocycles. The van der Waals surface area contributed by atoms with Crippen molar-refractivity contribution in [2.75, 3.05) is 6.54 Å². The van der Waals surface area contributed by atoms with E-state index in [-0.39, 0.29) is 0 Å². The van der Waals surface area contributed by atoms with Crippen LogP contribution >= 0.6 is 0 Å². The summed E-state index contributed by atoms with van der Waals surface area (Å²) in [5.74, 6) is 2.53. The molecular formula is C15H21N. The minimum Gasteiger partial charge on any atom is -0.313 e. The highest BCUT2D eigenvalue weighted by Crippen LogP contribution is 2.54. The van der Waals surface area contributed by atoms with E-state index in [1.807, 2.05) is 0 Å². The molecule has 4 atom stereocenters. The highest BCUT2D eigenvalue weighted by atomic mass is 15.0. The van der Waals surface area contributed by atoms with E-state index >= 15 is 0 Å². The molecular weight excluding hydrogens is 194 g/mol. The van der Waals surface area contributed by atoms with Crippen molar-refractivity contribution in [1.29, 1.82) is 0 Å². The second kappa shape index (κ2) is 3.89. The van der Waals surface area contributed by atoms with Crippen LogP contribution in [0.5, 0.6) is 0 Å². The van der Waals surface area contributed by atoms with Gasteiger partial charge in [0, 0.05) is 6.04 Å². The van der Waals surface area contributed by atoms with Gasteiger partial charge in [-0.2, -0.15) is 0 Å². The van der Waals surface area contributed by atoms with Crippen LogP contribution in [0.1, 0.15) is 37.3 Å². The Bertz CT molecular complexity index is 385. The molecule has 4 unspecified atom stereocenters. The van der Waals surface area contributed by atoms with Crippen LogP contribution < -0.4 is 5.32 Å². The molecule has 0 amide bonds. The highest BCUT2D eigenvalue weighted by molar-refractivity contribution is 5.41. The first-order chi connectivity index (χ1) is 7.83.